The number of sulfone groups is 1. The lowest BCUT2D eigenvalue weighted by Crippen LogP contribution is -2.37. The van der Waals surface area contributed by atoms with E-state index in [4.69, 9.17) is 17.0 Å². The van der Waals surface area contributed by atoms with Gasteiger partial charge in [0, 0.05) is 5.41 Å². The highest BCUT2D eigenvalue weighted by atomic mass is 32.2. The van der Waals surface area contributed by atoms with E-state index in [1.807, 2.05) is 24.3 Å². The summed E-state index contributed by atoms with van der Waals surface area (Å²) >= 11 is 5.07. The second-order valence-electron chi connectivity index (χ2n) is 4.30. The van der Waals surface area contributed by atoms with Crippen LogP contribution >= 0.6 is 12.2 Å². The molecule has 1 aliphatic heterocycles. The summed E-state index contributed by atoms with van der Waals surface area (Å²) in [6.45, 7) is 2.06. The summed E-state index contributed by atoms with van der Waals surface area (Å²) in [7, 11) is -3.08. The molecule has 6 heteroatoms. The van der Waals surface area contributed by atoms with Crippen molar-refractivity contribution >= 4 is 27.2 Å². The Bertz CT molecular complexity index is 608. The summed E-state index contributed by atoms with van der Waals surface area (Å²) in [6, 6.07) is 7.32. The number of hydrogen-bond donors (Lipinski definition) is 1. The third-order valence-corrected chi connectivity index (χ3v) is 4.35. The van der Waals surface area contributed by atoms with Gasteiger partial charge in [-0.1, -0.05) is 19.1 Å². The maximum Gasteiger partial charge on any atom is 0.262 e. The van der Waals surface area contributed by atoms with Crippen LogP contribution in [0, 0.1) is 0 Å². The highest BCUT2D eigenvalue weighted by Crippen LogP contribution is 2.14. The molecule has 0 saturated carbocycles. The van der Waals surface area contributed by atoms with Crippen molar-refractivity contribution in [2.24, 2.45) is 0 Å². The minimum atomic E-state index is -3.08. The lowest BCUT2D eigenvalue weighted by Gasteiger charge is -2.13. The van der Waals surface area contributed by atoms with E-state index in [0.717, 1.165) is 12.0 Å². The molecule has 102 valence electrons. The van der Waals surface area contributed by atoms with Crippen LogP contribution in [0.15, 0.2) is 35.7 Å². The predicted octanol–water partition coefficient (Wildman–Crippen LogP) is 1.81. The fourth-order valence-corrected chi connectivity index (χ4v) is 3.27. The summed E-state index contributed by atoms with van der Waals surface area (Å²) in [6.07, 6.45) is 2.49. The fourth-order valence-electron chi connectivity index (χ4n) is 1.78. The summed E-state index contributed by atoms with van der Waals surface area (Å²) < 4.78 is 28.0. The molecule has 1 aromatic carbocycles. The van der Waals surface area contributed by atoms with Gasteiger partial charge in [-0.05, 0) is 42.4 Å². The van der Waals surface area contributed by atoms with E-state index in [2.05, 4.69) is 12.2 Å². The van der Waals surface area contributed by atoms with Crippen molar-refractivity contribution in [2.45, 2.75) is 19.4 Å². The van der Waals surface area contributed by atoms with E-state index in [0.29, 0.717) is 5.75 Å². The predicted molar refractivity (Wildman–Crippen MR) is 78.9 cm³/mol. The number of nitrogens with one attached hydrogen (secondary N) is 1. The van der Waals surface area contributed by atoms with E-state index in [9.17, 15) is 8.42 Å². The Hall–Kier alpha value is -1.40. The van der Waals surface area contributed by atoms with Gasteiger partial charge in [-0.25, -0.2) is 8.42 Å². The third kappa shape index (κ3) is 4.04. The van der Waals surface area contributed by atoms with Gasteiger partial charge < -0.3 is 10.1 Å². The van der Waals surface area contributed by atoms with Gasteiger partial charge in [0.25, 0.3) is 5.17 Å². The van der Waals surface area contributed by atoms with Gasteiger partial charge in [0.15, 0.2) is 9.84 Å². The molecule has 1 atom stereocenters. The average Bonchev–Trinajstić information content (AvgIpc) is 2.68. The molecule has 4 nitrogen and oxygen atoms in total. The number of rotatable bonds is 3. The summed E-state index contributed by atoms with van der Waals surface area (Å²) in [5.41, 5.74) is 1.16. The first-order valence-electron chi connectivity index (χ1n) is 5.97. The number of aryl methyl sites for hydroxylation is 1. The normalized spacial score (nSPS) is 20.2. The summed E-state index contributed by atoms with van der Waals surface area (Å²) in [5, 5.41) is 4.24. The lowest BCUT2D eigenvalue weighted by molar-refractivity contribution is 0.524. The first-order valence-corrected chi connectivity index (χ1v) is 8.09. The van der Waals surface area contributed by atoms with Crippen molar-refractivity contribution in [1.82, 2.24) is 5.32 Å². The Balaban J connectivity index is 1.93. The molecule has 0 fully saturated rings. The van der Waals surface area contributed by atoms with E-state index in [-0.39, 0.29) is 17.0 Å². The van der Waals surface area contributed by atoms with E-state index >= 15 is 0 Å². The molecule has 0 amide bonds. The van der Waals surface area contributed by atoms with Crippen molar-refractivity contribution < 1.29 is 13.2 Å². The van der Waals surface area contributed by atoms with Crippen LogP contribution < -0.4 is 10.1 Å². The molecule has 0 radical (unpaired) electrons. The van der Waals surface area contributed by atoms with E-state index in [1.165, 1.54) is 5.41 Å². The molecule has 2 rings (SSSR count). The molecule has 1 aliphatic rings. The van der Waals surface area contributed by atoms with Gasteiger partial charge in [-0.15, -0.1) is 0 Å². The molecule has 0 saturated heterocycles. The minimum Gasteiger partial charge on any atom is -0.432 e. The largest absolute Gasteiger partial charge is 0.432 e. The standard InChI is InChI=1S/C13H15NO3S2/c1-2-10-4-3-5-12(8-10)17-13(18)14-11-6-7-19(15,16)9-11/h3-8,11H,2,9H2,1H3,(H,14,18). The first kappa shape index (κ1) is 14.0. The van der Waals surface area contributed by atoms with Crippen LogP contribution in [-0.2, 0) is 16.3 Å². The quantitative estimate of drug-likeness (QED) is 0.862. The topological polar surface area (TPSA) is 55.4 Å². The molecule has 0 bridgehead atoms. The SMILES string of the molecule is CCc1cccc(OC(=S)NC2C=CS(=O)(=O)C2)c1. The van der Waals surface area contributed by atoms with Crippen molar-refractivity contribution in [2.75, 3.05) is 5.75 Å². The molecular formula is C13H15NO3S2. The maximum absolute atomic E-state index is 11.3. The molecule has 0 aromatic heterocycles. The van der Waals surface area contributed by atoms with Crippen LogP contribution in [0.5, 0.6) is 5.75 Å². The number of benzene rings is 1. The molecule has 0 aliphatic carbocycles. The maximum atomic E-state index is 11.3. The highest BCUT2D eigenvalue weighted by Gasteiger charge is 2.22. The van der Waals surface area contributed by atoms with Crippen molar-refractivity contribution in [3.8, 4) is 5.75 Å². The second kappa shape index (κ2) is 5.71. The van der Waals surface area contributed by atoms with E-state index < -0.39 is 9.84 Å². The zero-order valence-corrected chi connectivity index (χ0v) is 12.1. The van der Waals surface area contributed by atoms with Crippen molar-refractivity contribution in [3.63, 3.8) is 0 Å². The molecule has 1 aromatic rings. The Morgan fingerprint density at radius 1 is 1.53 bits per heavy atom. The number of ether oxygens (including phenoxy) is 1. The molecule has 0 spiro atoms. The monoisotopic (exact) mass is 297 g/mol. The van der Waals surface area contributed by atoms with Crippen LogP contribution in [0.25, 0.3) is 0 Å². The van der Waals surface area contributed by atoms with Gasteiger partial charge in [0.2, 0.25) is 0 Å². The smallest absolute Gasteiger partial charge is 0.262 e. The molecule has 1 heterocycles. The zero-order chi connectivity index (χ0) is 13.9. The van der Waals surface area contributed by atoms with Crippen LogP contribution in [0.4, 0.5) is 0 Å². The fraction of sp³-hybridized carbons (Fsp3) is 0.308. The Morgan fingerprint density at radius 3 is 2.95 bits per heavy atom. The van der Waals surface area contributed by atoms with Crippen LogP contribution in [-0.4, -0.2) is 25.4 Å². The second-order valence-corrected chi connectivity index (χ2v) is 6.60. The Kier molecular flexibility index (Phi) is 4.21. The average molecular weight is 297 g/mol. The summed E-state index contributed by atoms with van der Waals surface area (Å²) in [4.78, 5) is 0. The Morgan fingerprint density at radius 2 is 2.32 bits per heavy atom. The van der Waals surface area contributed by atoms with E-state index in [1.54, 1.807) is 6.08 Å². The van der Waals surface area contributed by atoms with Crippen molar-refractivity contribution in [1.29, 1.82) is 0 Å². The van der Waals surface area contributed by atoms with Crippen molar-refractivity contribution in [3.05, 3.63) is 41.3 Å². The number of thiocarbonyl (C=S) groups is 1. The minimum absolute atomic E-state index is 0.0193. The Labute approximate surface area is 118 Å². The van der Waals surface area contributed by atoms with Crippen LogP contribution in [0.2, 0.25) is 0 Å². The van der Waals surface area contributed by atoms with Crippen LogP contribution in [0.3, 0.4) is 0 Å². The third-order valence-electron chi connectivity index (χ3n) is 2.75. The van der Waals surface area contributed by atoms with Gasteiger partial charge in [0.05, 0.1) is 11.8 Å². The molecule has 19 heavy (non-hydrogen) atoms. The van der Waals surface area contributed by atoms with Gasteiger partial charge >= 0.3 is 0 Å². The molecule has 1 unspecified atom stereocenters. The highest BCUT2D eigenvalue weighted by molar-refractivity contribution is 7.94. The van der Waals surface area contributed by atoms with Crippen LogP contribution in [0.1, 0.15) is 12.5 Å². The zero-order valence-electron chi connectivity index (χ0n) is 10.5. The van der Waals surface area contributed by atoms with Gasteiger partial charge in [-0.2, -0.15) is 0 Å². The first-order chi connectivity index (χ1) is 8.98. The molecule has 1 N–H and O–H groups in total. The van der Waals surface area contributed by atoms with Gasteiger partial charge in [0.1, 0.15) is 5.75 Å². The molecular weight excluding hydrogens is 282 g/mol. The lowest BCUT2D eigenvalue weighted by atomic mass is 10.2. The summed E-state index contributed by atoms with van der Waals surface area (Å²) in [5.74, 6) is 0.674. The number of hydrogen-bond acceptors (Lipinski definition) is 4. The van der Waals surface area contributed by atoms with Gasteiger partial charge in [-0.3, -0.25) is 0 Å².